The lowest BCUT2D eigenvalue weighted by molar-refractivity contribution is 0.390. The first-order valence-corrected chi connectivity index (χ1v) is 8.02. The van der Waals surface area contributed by atoms with Gasteiger partial charge in [-0.25, -0.2) is 13.6 Å². The van der Waals surface area contributed by atoms with E-state index in [0.717, 1.165) is 18.7 Å². The second-order valence-electron chi connectivity index (χ2n) is 5.45. The van der Waals surface area contributed by atoms with Gasteiger partial charge in [0.15, 0.2) is 0 Å². The maximum Gasteiger partial charge on any atom is 0.238 e. The number of nitrogens with zero attached hydrogens (tertiary/aromatic N) is 1. The average Bonchev–Trinajstić information content (AvgIpc) is 2.31. The van der Waals surface area contributed by atoms with Gasteiger partial charge in [-0.3, -0.25) is 0 Å². The molecule has 1 aliphatic rings. The van der Waals surface area contributed by atoms with Crippen LogP contribution in [0.5, 0.6) is 0 Å². The van der Waals surface area contributed by atoms with E-state index in [1.807, 2.05) is 0 Å². The molecular weight excluding hydrogens is 262 g/mol. The Morgan fingerprint density at radius 1 is 1.26 bits per heavy atom. The van der Waals surface area contributed by atoms with E-state index < -0.39 is 10.0 Å². The van der Waals surface area contributed by atoms with Crippen molar-refractivity contribution < 1.29 is 8.42 Å². The summed E-state index contributed by atoms with van der Waals surface area (Å²) < 4.78 is 22.6. The highest BCUT2D eigenvalue weighted by molar-refractivity contribution is 7.89. The van der Waals surface area contributed by atoms with E-state index in [4.69, 9.17) is 10.9 Å². The molecule has 0 aliphatic carbocycles. The fourth-order valence-corrected chi connectivity index (χ4v) is 3.14. The smallest absolute Gasteiger partial charge is 0.238 e. The Bertz CT molecular complexity index is 571. The quantitative estimate of drug-likeness (QED) is 0.806. The normalized spacial score (nSPS) is 24.5. The van der Waals surface area contributed by atoms with Gasteiger partial charge in [-0.1, -0.05) is 6.92 Å². The van der Waals surface area contributed by atoms with E-state index in [1.165, 1.54) is 18.6 Å². The molecule has 2 unspecified atom stereocenters. The number of primary sulfonamides is 1. The summed E-state index contributed by atoms with van der Waals surface area (Å²) >= 11 is 0. The summed E-state index contributed by atoms with van der Waals surface area (Å²) in [5.74, 6) is 0.619. The molecule has 0 amide bonds. The Morgan fingerprint density at radius 3 is 2.53 bits per heavy atom. The van der Waals surface area contributed by atoms with Gasteiger partial charge in [0.25, 0.3) is 0 Å². The van der Waals surface area contributed by atoms with Gasteiger partial charge in [0, 0.05) is 12.6 Å². The predicted molar refractivity (Wildman–Crippen MR) is 77.4 cm³/mol. The highest BCUT2D eigenvalue weighted by atomic mass is 32.2. The van der Waals surface area contributed by atoms with Crippen LogP contribution in [0.3, 0.4) is 0 Å². The fraction of sp³-hybridized carbons (Fsp3) is 0.538. The molecule has 1 heterocycles. The number of nitrogens with two attached hydrogens (primary N) is 2. The zero-order chi connectivity index (χ0) is 14.2. The minimum absolute atomic E-state index is 0.0615. The van der Waals surface area contributed by atoms with Crippen LogP contribution in [-0.4, -0.2) is 21.0 Å². The number of hydrogen-bond acceptors (Lipinski definition) is 4. The van der Waals surface area contributed by atoms with Gasteiger partial charge in [0.1, 0.15) is 0 Å². The monoisotopic (exact) mass is 283 g/mol. The number of sulfonamides is 1. The number of rotatable bonds is 2. The summed E-state index contributed by atoms with van der Waals surface area (Å²) in [6.45, 7) is 5.33. The van der Waals surface area contributed by atoms with Gasteiger partial charge in [-0.2, -0.15) is 0 Å². The van der Waals surface area contributed by atoms with Crippen molar-refractivity contribution in [3.05, 3.63) is 18.2 Å². The second-order valence-corrected chi connectivity index (χ2v) is 7.01. The molecule has 2 atom stereocenters. The summed E-state index contributed by atoms with van der Waals surface area (Å²) in [6, 6.07) is 5.13. The molecule has 1 saturated heterocycles. The molecule has 1 aliphatic heterocycles. The van der Waals surface area contributed by atoms with E-state index >= 15 is 0 Å². The third-order valence-electron chi connectivity index (χ3n) is 3.75. The van der Waals surface area contributed by atoms with Crippen molar-refractivity contribution >= 4 is 21.4 Å². The molecule has 0 aromatic heterocycles. The molecule has 1 aromatic carbocycles. The predicted octanol–water partition coefficient (Wildman–Crippen LogP) is 1.54. The van der Waals surface area contributed by atoms with Gasteiger partial charge in [-0.15, -0.1) is 0 Å². The number of nitrogen functional groups attached to an aromatic ring is 1. The lowest BCUT2D eigenvalue weighted by Gasteiger charge is -2.39. The lowest BCUT2D eigenvalue weighted by Crippen LogP contribution is -2.41. The molecule has 0 bridgehead atoms. The van der Waals surface area contributed by atoms with Gasteiger partial charge in [0.05, 0.1) is 16.3 Å². The summed E-state index contributed by atoms with van der Waals surface area (Å²) in [4.78, 5) is 2.31. The van der Waals surface area contributed by atoms with E-state index in [1.54, 1.807) is 6.07 Å². The molecular formula is C13H21N3O2S. The maximum atomic E-state index is 11.3. The van der Waals surface area contributed by atoms with E-state index in [9.17, 15) is 8.42 Å². The van der Waals surface area contributed by atoms with Crippen molar-refractivity contribution in [2.24, 2.45) is 11.1 Å². The van der Waals surface area contributed by atoms with Crippen LogP contribution in [0.4, 0.5) is 11.4 Å². The van der Waals surface area contributed by atoms with Crippen molar-refractivity contribution in [3.8, 4) is 0 Å². The molecule has 1 aromatic rings. The highest BCUT2D eigenvalue weighted by Gasteiger charge is 2.24. The Balaban J connectivity index is 2.35. The number of anilines is 2. The molecule has 4 N–H and O–H groups in total. The van der Waals surface area contributed by atoms with Crippen LogP contribution in [-0.2, 0) is 10.0 Å². The van der Waals surface area contributed by atoms with Crippen LogP contribution in [0.15, 0.2) is 23.1 Å². The molecule has 1 fully saturated rings. The standard InChI is InChI=1S/C13H21N3O2S/c1-9-3-4-10(2)16(8-9)13-6-5-11(7-12(13)14)19(15,17)18/h5-7,9-10H,3-4,8,14H2,1-2H3,(H2,15,17,18). The van der Waals surface area contributed by atoms with Crippen molar-refractivity contribution in [2.45, 2.75) is 37.6 Å². The maximum absolute atomic E-state index is 11.3. The molecule has 5 nitrogen and oxygen atoms in total. The van der Waals surface area contributed by atoms with E-state index in [-0.39, 0.29) is 4.90 Å². The number of hydrogen-bond donors (Lipinski definition) is 2. The molecule has 2 rings (SSSR count). The van der Waals surface area contributed by atoms with Crippen molar-refractivity contribution in [1.82, 2.24) is 0 Å². The SMILES string of the molecule is CC1CCC(C)N(c2ccc(S(N)(=O)=O)cc2N)C1. The Labute approximate surface area is 114 Å². The highest BCUT2D eigenvalue weighted by Crippen LogP contribution is 2.32. The average molecular weight is 283 g/mol. The number of benzene rings is 1. The first kappa shape index (κ1) is 14.1. The van der Waals surface area contributed by atoms with Gasteiger partial charge >= 0.3 is 0 Å². The fourth-order valence-electron chi connectivity index (χ4n) is 2.60. The van der Waals surface area contributed by atoms with Crippen molar-refractivity contribution in [1.29, 1.82) is 0 Å². The largest absolute Gasteiger partial charge is 0.397 e. The summed E-state index contributed by atoms with van der Waals surface area (Å²) in [7, 11) is -3.70. The van der Waals surface area contributed by atoms with Gasteiger partial charge in [0.2, 0.25) is 10.0 Å². The Hall–Kier alpha value is -1.27. The second kappa shape index (κ2) is 5.02. The van der Waals surface area contributed by atoms with Gasteiger partial charge in [-0.05, 0) is 43.9 Å². The first-order chi connectivity index (χ1) is 8.79. The molecule has 6 heteroatoms. The zero-order valence-electron chi connectivity index (χ0n) is 11.3. The first-order valence-electron chi connectivity index (χ1n) is 6.48. The van der Waals surface area contributed by atoms with Crippen LogP contribution in [0.1, 0.15) is 26.7 Å². The zero-order valence-corrected chi connectivity index (χ0v) is 12.2. The molecule has 106 valence electrons. The minimum atomic E-state index is -3.70. The van der Waals surface area contributed by atoms with Crippen LogP contribution in [0.25, 0.3) is 0 Å². The van der Waals surface area contributed by atoms with Gasteiger partial charge < -0.3 is 10.6 Å². The van der Waals surface area contributed by atoms with Crippen LogP contribution >= 0.6 is 0 Å². The Morgan fingerprint density at radius 2 is 1.95 bits per heavy atom. The van der Waals surface area contributed by atoms with Crippen molar-refractivity contribution in [3.63, 3.8) is 0 Å². The summed E-state index contributed by atoms with van der Waals surface area (Å²) in [5, 5.41) is 5.11. The Kier molecular flexibility index (Phi) is 3.73. The molecule has 0 spiro atoms. The lowest BCUT2D eigenvalue weighted by atomic mass is 9.94. The van der Waals surface area contributed by atoms with Crippen LogP contribution in [0.2, 0.25) is 0 Å². The van der Waals surface area contributed by atoms with E-state index in [2.05, 4.69) is 18.7 Å². The van der Waals surface area contributed by atoms with Crippen LogP contribution < -0.4 is 15.8 Å². The molecule has 19 heavy (non-hydrogen) atoms. The topological polar surface area (TPSA) is 89.4 Å². The third kappa shape index (κ3) is 3.01. The third-order valence-corrected chi connectivity index (χ3v) is 4.67. The minimum Gasteiger partial charge on any atom is -0.397 e. The van der Waals surface area contributed by atoms with E-state index in [0.29, 0.717) is 17.6 Å². The summed E-state index contributed by atoms with van der Waals surface area (Å²) in [5.41, 5.74) is 7.36. The van der Waals surface area contributed by atoms with Crippen LogP contribution in [0, 0.1) is 5.92 Å². The summed E-state index contributed by atoms with van der Waals surface area (Å²) in [6.07, 6.45) is 2.34. The van der Waals surface area contributed by atoms with Crippen molar-refractivity contribution in [2.75, 3.05) is 17.2 Å². The number of piperidine rings is 1. The molecule has 0 saturated carbocycles. The molecule has 0 radical (unpaired) electrons.